The highest BCUT2D eigenvalue weighted by Gasteiger charge is 2.50. The van der Waals surface area contributed by atoms with Crippen LogP contribution in [0.25, 0.3) is 0 Å². The second-order valence-electron chi connectivity index (χ2n) is 10.2. The Balaban J connectivity index is 1.52. The number of anilines is 2. The van der Waals surface area contributed by atoms with Gasteiger partial charge in [0.1, 0.15) is 17.7 Å². The van der Waals surface area contributed by atoms with Gasteiger partial charge in [0, 0.05) is 47.0 Å². The van der Waals surface area contributed by atoms with Crippen molar-refractivity contribution in [3.05, 3.63) is 46.4 Å². The largest absolute Gasteiger partial charge is 0.444 e. The summed E-state index contributed by atoms with van der Waals surface area (Å²) in [5.41, 5.74) is 4.07. The van der Waals surface area contributed by atoms with Gasteiger partial charge in [0.15, 0.2) is 0 Å². The summed E-state index contributed by atoms with van der Waals surface area (Å²) in [6.45, 7) is 10.0. The van der Waals surface area contributed by atoms with Crippen LogP contribution < -0.4 is 4.90 Å². The summed E-state index contributed by atoms with van der Waals surface area (Å²) in [5, 5.41) is 0.719. The molecule has 1 aliphatic carbocycles. The Morgan fingerprint density at radius 3 is 2.84 bits per heavy atom. The van der Waals surface area contributed by atoms with E-state index in [-0.39, 0.29) is 11.5 Å². The Morgan fingerprint density at radius 1 is 1.26 bits per heavy atom. The maximum absolute atomic E-state index is 12.8. The third-order valence-corrected chi connectivity index (χ3v) is 7.03. The van der Waals surface area contributed by atoms with Crippen molar-refractivity contribution in [2.24, 2.45) is 0 Å². The van der Waals surface area contributed by atoms with Gasteiger partial charge in [0.2, 0.25) is 0 Å². The minimum Gasteiger partial charge on any atom is -0.444 e. The molecule has 1 amide bonds. The summed E-state index contributed by atoms with van der Waals surface area (Å²) in [5.74, 6) is 1.45. The van der Waals surface area contributed by atoms with E-state index in [1.54, 1.807) is 6.33 Å². The molecule has 2 aromatic rings. The Hall–Kier alpha value is -2.34. The second-order valence-corrected chi connectivity index (χ2v) is 10.6. The first-order chi connectivity index (χ1) is 14.7. The van der Waals surface area contributed by atoms with Gasteiger partial charge in [-0.25, -0.2) is 14.8 Å². The first-order valence-electron chi connectivity index (χ1n) is 11.1. The van der Waals surface area contributed by atoms with Crippen molar-refractivity contribution in [3.8, 4) is 0 Å². The zero-order chi connectivity index (χ0) is 22.0. The fraction of sp³-hybridized carbons (Fsp3) is 0.542. The molecule has 1 spiro atoms. The fourth-order valence-corrected chi connectivity index (χ4v) is 5.54. The molecule has 0 radical (unpaired) electrons. The van der Waals surface area contributed by atoms with E-state index in [9.17, 15) is 4.79 Å². The lowest BCUT2D eigenvalue weighted by atomic mass is 9.81. The van der Waals surface area contributed by atoms with Gasteiger partial charge < -0.3 is 14.5 Å². The summed E-state index contributed by atoms with van der Waals surface area (Å²) in [6.07, 6.45) is 4.43. The predicted molar refractivity (Wildman–Crippen MR) is 121 cm³/mol. The second kappa shape index (κ2) is 7.09. The lowest BCUT2D eigenvalue weighted by molar-refractivity contribution is 0.0285. The maximum Gasteiger partial charge on any atom is 0.410 e. The molecule has 1 saturated heterocycles. The SMILES string of the molecule is C[C@@H]1CCc2ncnc(N3C[C@@]4(CCN(C(=O)OC(C)(C)C)C4)c4cc(Cl)ccc43)c21. The van der Waals surface area contributed by atoms with E-state index in [1.807, 2.05) is 31.7 Å². The molecule has 0 unspecified atom stereocenters. The molecule has 1 fully saturated rings. The van der Waals surface area contributed by atoms with Crippen molar-refractivity contribution in [1.29, 1.82) is 0 Å². The van der Waals surface area contributed by atoms with Crippen LogP contribution in [0, 0.1) is 0 Å². The first-order valence-corrected chi connectivity index (χ1v) is 11.4. The lowest BCUT2D eigenvalue weighted by Gasteiger charge is -2.28. The van der Waals surface area contributed by atoms with Crippen molar-refractivity contribution >= 4 is 29.2 Å². The molecule has 0 saturated carbocycles. The molecule has 3 heterocycles. The van der Waals surface area contributed by atoms with Gasteiger partial charge in [-0.15, -0.1) is 0 Å². The van der Waals surface area contributed by atoms with Crippen molar-refractivity contribution in [2.75, 3.05) is 24.5 Å². The summed E-state index contributed by atoms with van der Waals surface area (Å²) < 4.78 is 5.65. The number of aryl methyl sites for hydroxylation is 1. The lowest BCUT2D eigenvalue weighted by Crippen LogP contribution is -2.39. The van der Waals surface area contributed by atoms with E-state index in [0.29, 0.717) is 19.0 Å². The number of halogens is 1. The van der Waals surface area contributed by atoms with Crippen molar-refractivity contribution < 1.29 is 9.53 Å². The number of nitrogens with zero attached hydrogens (tertiary/aromatic N) is 4. The van der Waals surface area contributed by atoms with E-state index in [2.05, 4.69) is 28.9 Å². The molecule has 3 aliphatic rings. The van der Waals surface area contributed by atoms with Crippen LogP contribution in [0.2, 0.25) is 5.02 Å². The molecule has 7 heteroatoms. The fourth-order valence-electron chi connectivity index (χ4n) is 5.37. The van der Waals surface area contributed by atoms with Gasteiger partial charge in [-0.2, -0.15) is 0 Å². The molecule has 5 rings (SSSR count). The molecular weight excluding hydrogens is 412 g/mol. The molecule has 0 bridgehead atoms. The van der Waals surface area contributed by atoms with Gasteiger partial charge in [0.05, 0.1) is 0 Å². The van der Waals surface area contributed by atoms with E-state index >= 15 is 0 Å². The maximum atomic E-state index is 12.8. The summed E-state index contributed by atoms with van der Waals surface area (Å²) in [6, 6.07) is 6.11. The van der Waals surface area contributed by atoms with Crippen molar-refractivity contribution in [2.45, 2.75) is 63.9 Å². The number of rotatable bonds is 1. The number of benzene rings is 1. The standard InChI is InChI=1S/C24H29ClN4O2/c1-15-5-7-18-20(15)21(27-14-26-18)29-13-24(17-11-16(25)6-8-19(17)29)9-10-28(12-24)22(30)31-23(2,3)4/h6,8,11,14-15H,5,7,9-10,12-13H2,1-4H3/t15-,24+/m1/s1. The molecule has 1 aromatic carbocycles. The third-order valence-electron chi connectivity index (χ3n) is 6.80. The van der Waals surface area contributed by atoms with E-state index in [1.165, 1.54) is 11.1 Å². The normalized spacial score (nSPS) is 24.6. The minimum absolute atomic E-state index is 0.184. The molecule has 0 N–H and O–H groups in total. The van der Waals surface area contributed by atoms with Gasteiger partial charge in [0.25, 0.3) is 0 Å². The molecule has 2 atom stereocenters. The van der Waals surface area contributed by atoms with Gasteiger partial charge in [-0.1, -0.05) is 18.5 Å². The zero-order valence-corrected chi connectivity index (χ0v) is 19.4. The number of hydrogen-bond donors (Lipinski definition) is 0. The van der Waals surface area contributed by atoms with E-state index in [4.69, 9.17) is 21.3 Å². The molecule has 6 nitrogen and oxygen atoms in total. The highest BCUT2D eigenvalue weighted by molar-refractivity contribution is 6.30. The number of carbonyl (C=O) groups excluding carboxylic acids is 1. The minimum atomic E-state index is -0.507. The van der Waals surface area contributed by atoms with Crippen molar-refractivity contribution in [1.82, 2.24) is 14.9 Å². The summed E-state index contributed by atoms with van der Waals surface area (Å²) >= 11 is 6.43. The van der Waals surface area contributed by atoms with Crippen LogP contribution in [0.3, 0.4) is 0 Å². The Labute approximate surface area is 188 Å². The highest BCUT2D eigenvalue weighted by atomic mass is 35.5. The summed E-state index contributed by atoms with van der Waals surface area (Å²) in [7, 11) is 0. The zero-order valence-electron chi connectivity index (χ0n) is 18.6. The number of amides is 1. The number of fused-ring (bicyclic) bond motifs is 3. The number of hydrogen-bond acceptors (Lipinski definition) is 5. The van der Waals surface area contributed by atoms with Crippen LogP contribution >= 0.6 is 11.6 Å². The van der Waals surface area contributed by atoms with Crippen LogP contribution in [0.5, 0.6) is 0 Å². The van der Waals surface area contributed by atoms with Crippen LogP contribution in [-0.2, 0) is 16.6 Å². The quantitative estimate of drug-likeness (QED) is 0.609. The molecule has 2 aliphatic heterocycles. The summed E-state index contributed by atoms with van der Waals surface area (Å²) in [4.78, 5) is 26.2. The molecular formula is C24H29ClN4O2. The van der Waals surface area contributed by atoms with Gasteiger partial charge >= 0.3 is 6.09 Å². The number of likely N-dealkylation sites (tertiary alicyclic amines) is 1. The van der Waals surface area contributed by atoms with Gasteiger partial charge in [-0.3, -0.25) is 0 Å². The smallest absolute Gasteiger partial charge is 0.410 e. The number of ether oxygens (including phenoxy) is 1. The molecule has 31 heavy (non-hydrogen) atoms. The topological polar surface area (TPSA) is 58.6 Å². The van der Waals surface area contributed by atoms with Crippen molar-refractivity contribution in [3.63, 3.8) is 0 Å². The van der Waals surface area contributed by atoms with Crippen LogP contribution in [0.1, 0.15) is 63.3 Å². The monoisotopic (exact) mass is 440 g/mol. The van der Waals surface area contributed by atoms with Crippen LogP contribution in [-0.4, -0.2) is 46.2 Å². The number of carbonyl (C=O) groups is 1. The Morgan fingerprint density at radius 2 is 2.06 bits per heavy atom. The van der Waals surface area contributed by atoms with E-state index in [0.717, 1.165) is 48.0 Å². The molecule has 164 valence electrons. The highest BCUT2D eigenvalue weighted by Crippen LogP contribution is 2.51. The number of aromatic nitrogens is 2. The Bertz CT molecular complexity index is 1050. The van der Waals surface area contributed by atoms with Crippen LogP contribution in [0.4, 0.5) is 16.3 Å². The Kier molecular flexibility index (Phi) is 4.70. The van der Waals surface area contributed by atoms with Crippen LogP contribution in [0.15, 0.2) is 24.5 Å². The average Bonchev–Trinajstić information content (AvgIpc) is 3.38. The average molecular weight is 441 g/mol. The molecule has 1 aromatic heterocycles. The van der Waals surface area contributed by atoms with Gasteiger partial charge in [-0.05, 0) is 69.7 Å². The predicted octanol–water partition coefficient (Wildman–Crippen LogP) is 5.21. The first kappa shape index (κ1) is 20.6. The third kappa shape index (κ3) is 3.45. The van der Waals surface area contributed by atoms with E-state index < -0.39 is 5.60 Å².